The highest BCUT2D eigenvalue weighted by atomic mass is 32.1. The van der Waals surface area contributed by atoms with Crippen molar-refractivity contribution in [1.82, 2.24) is 4.90 Å². The Morgan fingerprint density at radius 2 is 2.25 bits per heavy atom. The predicted molar refractivity (Wildman–Crippen MR) is 47.0 cm³/mol. The van der Waals surface area contributed by atoms with Gasteiger partial charge in [0.05, 0.1) is 11.1 Å². The summed E-state index contributed by atoms with van der Waals surface area (Å²) in [6, 6.07) is -0.845. The first-order chi connectivity index (χ1) is 5.54. The van der Waals surface area contributed by atoms with Crippen LogP contribution in [0.3, 0.4) is 0 Å². The molecule has 1 fully saturated rings. The number of hydrogen-bond acceptors (Lipinski definition) is 3. The quantitative estimate of drug-likeness (QED) is 0.562. The number of carboxylic acids is 1. The molecule has 5 heteroatoms. The van der Waals surface area contributed by atoms with E-state index >= 15 is 0 Å². The van der Waals surface area contributed by atoms with Crippen molar-refractivity contribution in [3.63, 3.8) is 0 Å². The zero-order valence-electron chi connectivity index (χ0n) is 6.73. The van der Waals surface area contributed by atoms with Gasteiger partial charge >= 0.3 is 5.97 Å². The summed E-state index contributed by atoms with van der Waals surface area (Å²) in [5.41, 5.74) is 0. The topological polar surface area (TPSA) is 60.8 Å². The molecular weight excluding hydrogens is 178 g/mol. The molecule has 68 valence electrons. The number of rotatable bonds is 1. The summed E-state index contributed by atoms with van der Waals surface area (Å²) in [6.45, 7) is 2.21. The van der Waals surface area contributed by atoms with Crippen molar-refractivity contribution in [3.8, 4) is 0 Å². The lowest BCUT2D eigenvalue weighted by Gasteiger charge is -2.22. The van der Waals surface area contributed by atoms with Gasteiger partial charge in [-0.05, 0) is 13.3 Å². The highest BCUT2D eigenvalue weighted by Gasteiger charge is 2.38. The Labute approximate surface area is 75.8 Å². The minimum atomic E-state index is -1.01. The maximum atomic E-state index is 10.7. The first kappa shape index (κ1) is 9.41. The van der Waals surface area contributed by atoms with E-state index in [1.54, 1.807) is 11.8 Å². The number of thiocarbonyl (C=S) groups is 1. The van der Waals surface area contributed by atoms with E-state index in [-0.39, 0.29) is 0 Å². The minimum Gasteiger partial charge on any atom is -0.480 e. The van der Waals surface area contributed by atoms with Crippen LogP contribution >= 0.6 is 12.2 Å². The molecule has 0 aromatic heterocycles. The SMILES string of the molecule is CC(=S)N1CCC(O)C1C(=O)O. The number of carboxylic acid groups (broad SMARTS) is 1. The van der Waals surface area contributed by atoms with Crippen molar-refractivity contribution in [2.75, 3.05) is 6.54 Å². The third kappa shape index (κ3) is 1.56. The van der Waals surface area contributed by atoms with E-state index in [0.29, 0.717) is 18.0 Å². The number of aliphatic carboxylic acids is 1. The van der Waals surface area contributed by atoms with Crippen LogP contribution in [0.25, 0.3) is 0 Å². The van der Waals surface area contributed by atoms with Crippen LogP contribution in [0.5, 0.6) is 0 Å². The first-order valence-electron chi connectivity index (χ1n) is 3.72. The molecule has 1 heterocycles. The molecule has 0 aromatic rings. The second-order valence-electron chi connectivity index (χ2n) is 2.85. The molecule has 0 bridgehead atoms. The lowest BCUT2D eigenvalue weighted by molar-refractivity contribution is -0.143. The molecule has 1 aliphatic heterocycles. The molecule has 0 amide bonds. The van der Waals surface area contributed by atoms with E-state index in [2.05, 4.69) is 0 Å². The summed E-state index contributed by atoms with van der Waals surface area (Å²) in [6.07, 6.45) is -0.314. The van der Waals surface area contributed by atoms with E-state index in [0.717, 1.165) is 0 Å². The third-order valence-corrected chi connectivity index (χ3v) is 2.26. The molecule has 1 aliphatic rings. The average molecular weight is 189 g/mol. The van der Waals surface area contributed by atoms with E-state index in [1.165, 1.54) is 0 Å². The summed E-state index contributed by atoms with van der Waals surface area (Å²) in [7, 11) is 0. The van der Waals surface area contributed by atoms with Crippen molar-refractivity contribution in [2.24, 2.45) is 0 Å². The van der Waals surface area contributed by atoms with E-state index < -0.39 is 18.1 Å². The van der Waals surface area contributed by atoms with Crippen LogP contribution in [-0.2, 0) is 4.79 Å². The molecule has 2 atom stereocenters. The van der Waals surface area contributed by atoms with Crippen LogP contribution in [0.2, 0.25) is 0 Å². The van der Waals surface area contributed by atoms with Gasteiger partial charge in [-0.1, -0.05) is 12.2 Å². The van der Waals surface area contributed by atoms with Gasteiger partial charge in [0.2, 0.25) is 0 Å². The summed E-state index contributed by atoms with van der Waals surface area (Å²) >= 11 is 4.86. The van der Waals surface area contributed by atoms with Gasteiger partial charge in [-0.3, -0.25) is 0 Å². The van der Waals surface area contributed by atoms with Gasteiger partial charge in [-0.25, -0.2) is 4.79 Å². The summed E-state index contributed by atoms with van der Waals surface area (Å²) < 4.78 is 0. The zero-order chi connectivity index (χ0) is 9.30. The van der Waals surface area contributed by atoms with Gasteiger partial charge in [0.1, 0.15) is 0 Å². The van der Waals surface area contributed by atoms with Gasteiger partial charge in [-0.2, -0.15) is 0 Å². The molecular formula is C7H11NO3S. The van der Waals surface area contributed by atoms with Gasteiger partial charge in [0.15, 0.2) is 6.04 Å². The number of aliphatic hydroxyl groups excluding tert-OH is 1. The Bertz CT molecular complexity index is 219. The molecule has 12 heavy (non-hydrogen) atoms. The van der Waals surface area contributed by atoms with Gasteiger partial charge in [-0.15, -0.1) is 0 Å². The smallest absolute Gasteiger partial charge is 0.329 e. The Morgan fingerprint density at radius 1 is 1.67 bits per heavy atom. The van der Waals surface area contributed by atoms with Crippen LogP contribution in [-0.4, -0.2) is 44.8 Å². The van der Waals surface area contributed by atoms with Gasteiger partial charge in [0, 0.05) is 6.54 Å². The normalized spacial score (nSPS) is 29.0. The molecule has 0 aliphatic carbocycles. The van der Waals surface area contributed by atoms with Crippen LogP contribution < -0.4 is 0 Å². The summed E-state index contributed by atoms with van der Waals surface area (Å²) in [4.78, 5) is 12.7. The predicted octanol–water partition coefficient (Wildman–Crippen LogP) is -0.146. The second-order valence-corrected chi connectivity index (χ2v) is 3.44. The van der Waals surface area contributed by atoms with Crippen molar-refractivity contribution < 1.29 is 15.0 Å². The molecule has 0 aromatic carbocycles. The lowest BCUT2D eigenvalue weighted by atomic mass is 10.2. The van der Waals surface area contributed by atoms with Gasteiger partial charge in [0.25, 0.3) is 0 Å². The summed E-state index contributed by atoms with van der Waals surface area (Å²) in [5.74, 6) is -1.01. The Hall–Kier alpha value is -0.680. The Balaban J connectivity index is 2.77. The third-order valence-electron chi connectivity index (χ3n) is 2.02. The van der Waals surface area contributed by atoms with Crippen LogP contribution in [0.1, 0.15) is 13.3 Å². The first-order valence-corrected chi connectivity index (χ1v) is 4.13. The monoisotopic (exact) mass is 189 g/mol. The lowest BCUT2D eigenvalue weighted by Crippen LogP contribution is -2.43. The fourth-order valence-corrected chi connectivity index (χ4v) is 1.63. The Kier molecular flexibility index (Phi) is 2.64. The molecule has 1 rings (SSSR count). The minimum absolute atomic E-state index is 0.477. The molecule has 0 radical (unpaired) electrons. The zero-order valence-corrected chi connectivity index (χ0v) is 7.54. The summed E-state index contributed by atoms with van der Waals surface area (Å²) in [5, 5.41) is 18.0. The highest BCUT2D eigenvalue weighted by Crippen LogP contribution is 2.18. The van der Waals surface area contributed by atoms with E-state index in [1.807, 2.05) is 0 Å². The number of likely N-dealkylation sites (tertiary alicyclic amines) is 1. The largest absolute Gasteiger partial charge is 0.480 e. The molecule has 1 saturated heterocycles. The van der Waals surface area contributed by atoms with Crippen molar-refractivity contribution >= 4 is 23.2 Å². The maximum absolute atomic E-state index is 10.7. The number of hydrogen-bond donors (Lipinski definition) is 2. The molecule has 2 N–H and O–H groups in total. The standard InChI is InChI=1S/C7H11NO3S/c1-4(12)8-3-2-5(9)6(8)7(10)11/h5-6,9H,2-3H2,1H3,(H,10,11). The Morgan fingerprint density at radius 3 is 2.58 bits per heavy atom. The second kappa shape index (κ2) is 3.37. The van der Waals surface area contributed by atoms with Crippen LogP contribution in [0, 0.1) is 0 Å². The fourth-order valence-electron chi connectivity index (χ4n) is 1.43. The van der Waals surface area contributed by atoms with Crippen LogP contribution in [0.4, 0.5) is 0 Å². The van der Waals surface area contributed by atoms with Gasteiger partial charge < -0.3 is 15.1 Å². The molecule has 2 unspecified atom stereocenters. The molecule has 0 saturated carbocycles. The number of nitrogens with zero attached hydrogens (tertiary/aromatic N) is 1. The number of aliphatic hydroxyl groups is 1. The van der Waals surface area contributed by atoms with E-state index in [4.69, 9.17) is 17.3 Å². The average Bonchev–Trinajstić information content (AvgIpc) is 2.30. The van der Waals surface area contributed by atoms with Crippen molar-refractivity contribution in [2.45, 2.75) is 25.5 Å². The molecule has 4 nitrogen and oxygen atoms in total. The highest BCUT2D eigenvalue weighted by molar-refractivity contribution is 7.80. The maximum Gasteiger partial charge on any atom is 0.329 e. The van der Waals surface area contributed by atoms with Crippen LogP contribution in [0.15, 0.2) is 0 Å². The molecule has 0 spiro atoms. The van der Waals surface area contributed by atoms with Crippen molar-refractivity contribution in [3.05, 3.63) is 0 Å². The number of carbonyl (C=O) groups is 1. The van der Waals surface area contributed by atoms with Crippen molar-refractivity contribution in [1.29, 1.82) is 0 Å². The van der Waals surface area contributed by atoms with E-state index in [9.17, 15) is 9.90 Å². The fraction of sp³-hybridized carbons (Fsp3) is 0.714.